The molecule has 4 rings (SSSR count). The van der Waals surface area contributed by atoms with Crippen LogP contribution in [0.15, 0.2) is 48.2 Å². The number of imide groups is 1. The van der Waals surface area contributed by atoms with Crippen LogP contribution >= 0.6 is 0 Å². The number of carbonyl (C=O) groups excluding carboxylic acids is 2. The maximum absolute atomic E-state index is 13.6. The summed E-state index contributed by atoms with van der Waals surface area (Å²) in [6.45, 7) is 8.17. The first kappa shape index (κ1) is 21.4. The summed E-state index contributed by atoms with van der Waals surface area (Å²) >= 11 is 0. The number of unbranched alkanes of at least 4 members (excludes halogenated alkanes) is 3. The van der Waals surface area contributed by atoms with Crippen LogP contribution < -0.4 is 0 Å². The molecule has 162 valence electrons. The number of benzene rings is 2. The first-order valence-electron chi connectivity index (χ1n) is 11.5. The third-order valence-corrected chi connectivity index (χ3v) is 6.48. The van der Waals surface area contributed by atoms with E-state index in [4.69, 9.17) is 0 Å². The van der Waals surface area contributed by atoms with Gasteiger partial charge in [-0.3, -0.25) is 14.5 Å². The zero-order valence-corrected chi connectivity index (χ0v) is 18.9. The zero-order valence-electron chi connectivity index (χ0n) is 18.9. The second-order valence-electron chi connectivity index (χ2n) is 8.80. The van der Waals surface area contributed by atoms with Crippen molar-refractivity contribution in [2.24, 2.45) is 0 Å². The first-order chi connectivity index (χ1) is 15.0. The van der Waals surface area contributed by atoms with Crippen molar-refractivity contribution < 1.29 is 9.59 Å². The summed E-state index contributed by atoms with van der Waals surface area (Å²) < 4.78 is 0. The molecule has 0 N–H and O–H groups in total. The van der Waals surface area contributed by atoms with Gasteiger partial charge < -0.3 is 4.90 Å². The number of rotatable bonds is 7. The van der Waals surface area contributed by atoms with Crippen molar-refractivity contribution in [1.82, 2.24) is 9.80 Å². The average Bonchev–Trinajstić information content (AvgIpc) is 3.01. The molecule has 4 heteroatoms. The van der Waals surface area contributed by atoms with Crippen LogP contribution in [-0.4, -0.2) is 34.7 Å². The lowest BCUT2D eigenvalue weighted by Gasteiger charge is -2.31. The fourth-order valence-electron chi connectivity index (χ4n) is 4.78. The highest BCUT2D eigenvalue weighted by atomic mass is 16.2. The molecule has 0 aliphatic carbocycles. The molecular formula is C27H32N2O2. The van der Waals surface area contributed by atoms with E-state index in [1.807, 2.05) is 25.1 Å². The van der Waals surface area contributed by atoms with E-state index in [1.165, 1.54) is 16.0 Å². The van der Waals surface area contributed by atoms with Crippen molar-refractivity contribution in [3.8, 4) is 0 Å². The van der Waals surface area contributed by atoms with E-state index in [2.05, 4.69) is 43.0 Å². The molecule has 31 heavy (non-hydrogen) atoms. The Morgan fingerprint density at radius 3 is 2.42 bits per heavy atom. The number of fused-ring (bicyclic) bond motifs is 1. The average molecular weight is 417 g/mol. The number of nitrogens with zero attached hydrogens (tertiary/aromatic N) is 2. The lowest BCUT2D eigenvalue weighted by atomic mass is 9.95. The Labute approximate surface area is 185 Å². The summed E-state index contributed by atoms with van der Waals surface area (Å²) in [5.74, 6) is -0.266. The normalized spacial score (nSPS) is 16.4. The molecule has 0 saturated carbocycles. The maximum atomic E-state index is 13.6. The molecule has 0 radical (unpaired) electrons. The Hall–Kier alpha value is -2.88. The molecule has 0 fully saturated rings. The summed E-state index contributed by atoms with van der Waals surface area (Å²) in [5, 5.41) is 0. The number of hydrogen-bond donors (Lipinski definition) is 0. The second-order valence-corrected chi connectivity index (χ2v) is 8.80. The predicted molar refractivity (Wildman–Crippen MR) is 124 cm³/mol. The van der Waals surface area contributed by atoms with E-state index in [0.717, 1.165) is 55.3 Å². The summed E-state index contributed by atoms with van der Waals surface area (Å²) in [6.07, 6.45) is 5.05. The van der Waals surface area contributed by atoms with Gasteiger partial charge >= 0.3 is 0 Å². The van der Waals surface area contributed by atoms with Gasteiger partial charge in [0.2, 0.25) is 0 Å². The minimum atomic E-state index is -0.137. The van der Waals surface area contributed by atoms with Crippen LogP contribution in [0.3, 0.4) is 0 Å². The van der Waals surface area contributed by atoms with Crippen molar-refractivity contribution in [2.75, 3.05) is 13.1 Å². The SMILES string of the molecule is CCCCCCN1C(=O)C(c2ccc(C)cc2C)=C(N2CCc3ccccc3C2)C1=O. The molecule has 2 aliphatic heterocycles. The smallest absolute Gasteiger partial charge is 0.277 e. The van der Waals surface area contributed by atoms with Crippen molar-refractivity contribution >= 4 is 17.4 Å². The summed E-state index contributed by atoms with van der Waals surface area (Å²) in [7, 11) is 0. The maximum Gasteiger partial charge on any atom is 0.277 e. The highest BCUT2D eigenvalue weighted by Crippen LogP contribution is 2.36. The van der Waals surface area contributed by atoms with Crippen LogP contribution in [0.2, 0.25) is 0 Å². The Bertz CT molecular complexity index is 1040. The van der Waals surface area contributed by atoms with Crippen LogP contribution in [0, 0.1) is 13.8 Å². The molecule has 0 spiro atoms. The van der Waals surface area contributed by atoms with Gasteiger partial charge in [-0.1, -0.05) is 74.2 Å². The third-order valence-electron chi connectivity index (χ3n) is 6.48. The zero-order chi connectivity index (χ0) is 22.0. The van der Waals surface area contributed by atoms with Gasteiger partial charge in [0.15, 0.2) is 0 Å². The third kappa shape index (κ3) is 4.16. The van der Waals surface area contributed by atoms with Gasteiger partial charge in [-0.05, 0) is 48.9 Å². The lowest BCUT2D eigenvalue weighted by Crippen LogP contribution is -2.37. The molecule has 0 aromatic heterocycles. The Balaban J connectivity index is 1.72. The monoisotopic (exact) mass is 416 g/mol. The second kappa shape index (κ2) is 9.09. The number of carbonyl (C=O) groups is 2. The molecule has 2 aromatic rings. The van der Waals surface area contributed by atoms with Crippen LogP contribution in [-0.2, 0) is 22.6 Å². The Morgan fingerprint density at radius 1 is 0.903 bits per heavy atom. The van der Waals surface area contributed by atoms with Gasteiger partial charge in [0, 0.05) is 19.6 Å². The molecule has 2 aliphatic rings. The Morgan fingerprint density at radius 2 is 1.68 bits per heavy atom. The topological polar surface area (TPSA) is 40.6 Å². The van der Waals surface area contributed by atoms with Crippen molar-refractivity contribution in [3.63, 3.8) is 0 Å². The molecule has 0 unspecified atom stereocenters. The summed E-state index contributed by atoms with van der Waals surface area (Å²) in [6, 6.07) is 14.5. The van der Waals surface area contributed by atoms with Crippen molar-refractivity contribution in [3.05, 3.63) is 76.0 Å². The minimum Gasteiger partial charge on any atom is -0.362 e. The van der Waals surface area contributed by atoms with Crippen molar-refractivity contribution in [1.29, 1.82) is 0 Å². The van der Waals surface area contributed by atoms with Gasteiger partial charge in [-0.15, -0.1) is 0 Å². The molecule has 2 heterocycles. The summed E-state index contributed by atoms with van der Waals surface area (Å²) in [5.41, 5.74) is 6.82. The van der Waals surface area contributed by atoms with Gasteiger partial charge in [0.1, 0.15) is 5.70 Å². The van der Waals surface area contributed by atoms with E-state index in [0.29, 0.717) is 24.4 Å². The largest absolute Gasteiger partial charge is 0.362 e. The first-order valence-corrected chi connectivity index (χ1v) is 11.5. The number of amides is 2. The van der Waals surface area contributed by atoms with Crippen LogP contribution in [0.5, 0.6) is 0 Å². The summed E-state index contributed by atoms with van der Waals surface area (Å²) in [4.78, 5) is 30.7. The fourth-order valence-corrected chi connectivity index (χ4v) is 4.78. The van der Waals surface area contributed by atoms with Gasteiger partial charge in [0.25, 0.3) is 11.8 Å². The molecule has 2 amide bonds. The van der Waals surface area contributed by atoms with E-state index in [-0.39, 0.29) is 11.8 Å². The molecule has 0 saturated heterocycles. The molecule has 0 atom stereocenters. The van der Waals surface area contributed by atoms with E-state index < -0.39 is 0 Å². The fraction of sp³-hybridized carbons (Fsp3) is 0.407. The van der Waals surface area contributed by atoms with E-state index in [9.17, 15) is 9.59 Å². The van der Waals surface area contributed by atoms with Gasteiger partial charge in [0.05, 0.1) is 5.57 Å². The lowest BCUT2D eigenvalue weighted by molar-refractivity contribution is -0.137. The predicted octanol–water partition coefficient (Wildman–Crippen LogP) is 5.02. The highest BCUT2D eigenvalue weighted by molar-refractivity contribution is 6.35. The van der Waals surface area contributed by atoms with Crippen molar-refractivity contribution in [2.45, 2.75) is 59.4 Å². The van der Waals surface area contributed by atoms with E-state index >= 15 is 0 Å². The number of hydrogen-bond acceptors (Lipinski definition) is 3. The quantitative estimate of drug-likeness (QED) is 0.470. The van der Waals surface area contributed by atoms with Crippen LogP contribution in [0.25, 0.3) is 5.57 Å². The molecule has 2 aromatic carbocycles. The van der Waals surface area contributed by atoms with Crippen LogP contribution in [0.4, 0.5) is 0 Å². The Kier molecular flexibility index (Phi) is 6.26. The highest BCUT2D eigenvalue weighted by Gasteiger charge is 2.42. The van der Waals surface area contributed by atoms with Gasteiger partial charge in [-0.2, -0.15) is 0 Å². The van der Waals surface area contributed by atoms with E-state index in [1.54, 1.807) is 0 Å². The molecule has 0 bridgehead atoms. The number of aryl methyl sites for hydroxylation is 2. The minimum absolute atomic E-state index is 0.129. The van der Waals surface area contributed by atoms with Crippen LogP contribution in [0.1, 0.15) is 60.4 Å². The molecule has 4 nitrogen and oxygen atoms in total. The molecular weight excluding hydrogens is 384 g/mol. The standard InChI is InChI=1S/C27H32N2O2/c1-4-5-6-9-15-29-26(30)24(23-13-12-19(2)17-20(23)3)25(27(29)31)28-16-14-21-10-7-8-11-22(21)18-28/h7-8,10-13,17H,4-6,9,14-16,18H2,1-3H3. The van der Waals surface area contributed by atoms with Gasteiger partial charge in [-0.25, -0.2) is 0 Å².